The first-order chi connectivity index (χ1) is 9.06. The first-order valence-electron chi connectivity index (χ1n) is 5.78. The molecule has 0 spiro atoms. The van der Waals surface area contributed by atoms with Gasteiger partial charge in [0, 0.05) is 6.42 Å². The fraction of sp³-hybridized carbons (Fsp3) is 0.333. The highest BCUT2D eigenvalue weighted by Crippen LogP contribution is 2.09. The van der Waals surface area contributed by atoms with Gasteiger partial charge in [-0.25, -0.2) is 9.07 Å². The van der Waals surface area contributed by atoms with Crippen LogP contribution in [0, 0.1) is 11.7 Å². The second kappa shape index (κ2) is 5.55. The lowest BCUT2D eigenvalue weighted by Gasteiger charge is -2.07. The summed E-state index contributed by atoms with van der Waals surface area (Å²) in [7, 11) is 0. The van der Waals surface area contributed by atoms with Gasteiger partial charge in [-0.3, -0.25) is 4.79 Å². The Morgan fingerprint density at radius 1 is 1.42 bits per heavy atom. The molecule has 7 heteroatoms. The van der Waals surface area contributed by atoms with Crippen LogP contribution in [-0.2, 0) is 17.8 Å². The average molecular weight is 264 g/mol. The van der Waals surface area contributed by atoms with Crippen molar-refractivity contribution in [2.24, 2.45) is 5.92 Å². The fourth-order valence-electron chi connectivity index (χ4n) is 1.61. The maximum atomic E-state index is 12.8. The average Bonchev–Trinajstić information content (AvgIpc) is 2.79. The highest BCUT2D eigenvalue weighted by Gasteiger charge is 2.15. The van der Waals surface area contributed by atoms with E-state index < -0.39 is 11.9 Å². The molecule has 1 aromatic carbocycles. The quantitative estimate of drug-likeness (QED) is 0.875. The number of rotatable bonds is 5. The van der Waals surface area contributed by atoms with E-state index in [1.54, 1.807) is 19.1 Å². The minimum atomic E-state index is -0.900. The number of halogens is 1. The summed E-state index contributed by atoms with van der Waals surface area (Å²) >= 11 is 0. The van der Waals surface area contributed by atoms with Crippen molar-refractivity contribution in [3.8, 4) is 0 Å². The van der Waals surface area contributed by atoms with Crippen LogP contribution in [-0.4, -0.2) is 31.3 Å². The van der Waals surface area contributed by atoms with Crippen molar-refractivity contribution in [3.63, 3.8) is 0 Å². The van der Waals surface area contributed by atoms with Crippen molar-refractivity contribution >= 4 is 5.97 Å². The van der Waals surface area contributed by atoms with Crippen LogP contribution >= 0.6 is 0 Å². The molecule has 100 valence electrons. The molecule has 0 amide bonds. The van der Waals surface area contributed by atoms with Gasteiger partial charge < -0.3 is 5.11 Å². The van der Waals surface area contributed by atoms with Crippen LogP contribution in [0.4, 0.5) is 4.39 Å². The summed E-state index contributed by atoms with van der Waals surface area (Å²) in [6.45, 7) is 1.80. The third kappa shape index (κ3) is 3.34. The van der Waals surface area contributed by atoms with Gasteiger partial charge in [0.15, 0.2) is 5.82 Å². The van der Waals surface area contributed by atoms with Crippen LogP contribution in [0.1, 0.15) is 18.3 Å². The Morgan fingerprint density at radius 2 is 2.11 bits per heavy atom. The predicted molar refractivity (Wildman–Crippen MR) is 63.8 cm³/mol. The highest BCUT2D eigenvalue weighted by atomic mass is 19.1. The molecule has 1 aromatic heterocycles. The number of carboxylic acid groups (broad SMARTS) is 1. The van der Waals surface area contributed by atoms with E-state index in [4.69, 9.17) is 5.11 Å². The van der Waals surface area contributed by atoms with Crippen molar-refractivity contribution in [2.45, 2.75) is 19.9 Å². The number of aliphatic carboxylic acids is 1. The first-order valence-corrected chi connectivity index (χ1v) is 5.78. The predicted octanol–water partition coefficient (Wildman–Crippen LogP) is 1.12. The Labute approximate surface area is 108 Å². The third-order valence-corrected chi connectivity index (χ3v) is 2.75. The van der Waals surface area contributed by atoms with E-state index in [2.05, 4.69) is 15.5 Å². The molecule has 1 heterocycles. The van der Waals surface area contributed by atoms with Crippen LogP contribution < -0.4 is 0 Å². The molecule has 19 heavy (non-hydrogen) atoms. The largest absolute Gasteiger partial charge is 0.481 e. The second-order valence-corrected chi connectivity index (χ2v) is 4.32. The molecule has 1 atom stereocenters. The Bertz CT molecular complexity index is 567. The Hall–Kier alpha value is -2.31. The van der Waals surface area contributed by atoms with Gasteiger partial charge in [0.25, 0.3) is 0 Å². The lowest BCUT2D eigenvalue weighted by Crippen LogP contribution is -2.19. The summed E-state index contributed by atoms with van der Waals surface area (Å²) in [5.74, 6) is -1.22. The van der Waals surface area contributed by atoms with E-state index in [1.165, 1.54) is 16.8 Å². The van der Waals surface area contributed by atoms with E-state index in [9.17, 15) is 9.18 Å². The normalized spacial score (nSPS) is 12.3. The zero-order valence-electron chi connectivity index (χ0n) is 10.3. The number of hydrogen-bond donors (Lipinski definition) is 1. The van der Waals surface area contributed by atoms with Crippen LogP contribution in [0.25, 0.3) is 0 Å². The van der Waals surface area contributed by atoms with Crippen LogP contribution in [0.15, 0.2) is 24.3 Å². The summed E-state index contributed by atoms with van der Waals surface area (Å²) in [5.41, 5.74) is 0.862. The van der Waals surface area contributed by atoms with Gasteiger partial charge in [-0.2, -0.15) is 0 Å². The van der Waals surface area contributed by atoms with E-state index in [1.807, 2.05) is 0 Å². The molecule has 0 aliphatic carbocycles. The summed E-state index contributed by atoms with van der Waals surface area (Å²) < 4.78 is 14.3. The van der Waals surface area contributed by atoms with Crippen LogP contribution in [0.2, 0.25) is 0 Å². The Balaban J connectivity index is 2.11. The standard InChI is InChI=1S/C12H13FN4O2/c1-8(12(18)19)7-17-11(14-15-16-17)6-9-2-4-10(13)5-3-9/h2-5,8H,6-7H2,1H3,(H,18,19). The monoisotopic (exact) mass is 264 g/mol. The van der Waals surface area contributed by atoms with E-state index >= 15 is 0 Å². The van der Waals surface area contributed by atoms with Gasteiger partial charge in [0.05, 0.1) is 12.5 Å². The third-order valence-electron chi connectivity index (χ3n) is 2.75. The smallest absolute Gasteiger partial charge is 0.308 e. The molecule has 0 saturated heterocycles. The maximum absolute atomic E-state index is 12.8. The number of nitrogens with zero attached hydrogens (tertiary/aromatic N) is 4. The topological polar surface area (TPSA) is 80.9 Å². The number of aromatic nitrogens is 4. The zero-order valence-corrected chi connectivity index (χ0v) is 10.3. The SMILES string of the molecule is CC(Cn1nnnc1Cc1ccc(F)cc1)C(=O)O. The summed E-state index contributed by atoms with van der Waals surface area (Å²) in [5, 5.41) is 20.0. The molecule has 1 unspecified atom stereocenters. The molecule has 0 radical (unpaired) electrons. The van der Waals surface area contributed by atoms with Gasteiger partial charge in [-0.1, -0.05) is 19.1 Å². The Kier molecular flexibility index (Phi) is 3.84. The van der Waals surface area contributed by atoms with Gasteiger partial charge in [0.1, 0.15) is 5.82 Å². The van der Waals surface area contributed by atoms with Crippen LogP contribution in [0.3, 0.4) is 0 Å². The minimum Gasteiger partial charge on any atom is -0.481 e. The molecule has 6 nitrogen and oxygen atoms in total. The van der Waals surface area contributed by atoms with Crippen molar-refractivity contribution in [2.75, 3.05) is 0 Å². The van der Waals surface area contributed by atoms with Crippen molar-refractivity contribution < 1.29 is 14.3 Å². The number of benzene rings is 1. The molecule has 2 aromatic rings. The number of carboxylic acids is 1. The molecule has 0 saturated carbocycles. The number of hydrogen-bond acceptors (Lipinski definition) is 4. The van der Waals surface area contributed by atoms with E-state index in [-0.39, 0.29) is 12.4 Å². The van der Waals surface area contributed by atoms with Crippen molar-refractivity contribution in [3.05, 3.63) is 41.5 Å². The lowest BCUT2D eigenvalue weighted by molar-refractivity contribution is -0.141. The molecule has 1 N–H and O–H groups in total. The van der Waals surface area contributed by atoms with E-state index in [0.717, 1.165) is 5.56 Å². The lowest BCUT2D eigenvalue weighted by atomic mass is 10.1. The van der Waals surface area contributed by atoms with Gasteiger partial charge >= 0.3 is 5.97 Å². The number of tetrazole rings is 1. The summed E-state index contributed by atoms with van der Waals surface area (Å²) in [4.78, 5) is 10.8. The highest BCUT2D eigenvalue weighted by molar-refractivity contribution is 5.69. The van der Waals surface area contributed by atoms with E-state index in [0.29, 0.717) is 12.2 Å². The van der Waals surface area contributed by atoms with Gasteiger partial charge in [0.2, 0.25) is 0 Å². The van der Waals surface area contributed by atoms with Gasteiger partial charge in [-0.05, 0) is 28.1 Å². The summed E-state index contributed by atoms with van der Waals surface area (Å²) in [6.07, 6.45) is 0.430. The molecular weight excluding hydrogens is 251 g/mol. The molecule has 0 fully saturated rings. The zero-order chi connectivity index (χ0) is 13.8. The fourth-order valence-corrected chi connectivity index (χ4v) is 1.61. The first kappa shape index (κ1) is 13.1. The summed E-state index contributed by atoms with van der Waals surface area (Å²) in [6, 6.07) is 6.02. The maximum Gasteiger partial charge on any atom is 0.308 e. The second-order valence-electron chi connectivity index (χ2n) is 4.32. The minimum absolute atomic E-state index is 0.207. The molecule has 2 rings (SSSR count). The van der Waals surface area contributed by atoms with Crippen LogP contribution in [0.5, 0.6) is 0 Å². The van der Waals surface area contributed by atoms with Crippen molar-refractivity contribution in [1.29, 1.82) is 0 Å². The Morgan fingerprint density at radius 3 is 2.74 bits per heavy atom. The van der Waals surface area contributed by atoms with Crippen molar-refractivity contribution in [1.82, 2.24) is 20.2 Å². The van der Waals surface area contributed by atoms with Gasteiger partial charge in [-0.15, -0.1) is 5.10 Å². The molecular formula is C12H13FN4O2. The number of carbonyl (C=O) groups is 1. The molecule has 0 bridgehead atoms. The molecule has 0 aliphatic rings. The molecule has 0 aliphatic heterocycles.